The molecule has 0 saturated heterocycles. The van der Waals surface area contributed by atoms with Crippen LogP contribution in [0.15, 0.2) is 61.1 Å². The van der Waals surface area contributed by atoms with Gasteiger partial charge in [0, 0.05) is 30.7 Å². The van der Waals surface area contributed by atoms with E-state index in [2.05, 4.69) is 25.3 Å². The van der Waals surface area contributed by atoms with Crippen LogP contribution in [-0.4, -0.2) is 32.4 Å². The fourth-order valence-electron chi connectivity index (χ4n) is 2.81. The molecule has 3 aromatic heterocycles. The minimum absolute atomic E-state index is 0.203. The normalized spacial score (nSPS) is 10.9. The van der Waals surface area contributed by atoms with Crippen molar-refractivity contribution in [1.29, 1.82) is 0 Å². The summed E-state index contributed by atoms with van der Waals surface area (Å²) in [7, 11) is 0. The summed E-state index contributed by atoms with van der Waals surface area (Å²) in [5, 5.41) is 2.91. The molecule has 2 N–H and O–H groups in total. The van der Waals surface area contributed by atoms with Crippen LogP contribution in [0.3, 0.4) is 0 Å². The molecule has 0 saturated carbocycles. The van der Waals surface area contributed by atoms with Gasteiger partial charge in [-0.2, -0.15) is 0 Å². The number of hydrogen-bond acceptors (Lipinski definition) is 4. The summed E-state index contributed by atoms with van der Waals surface area (Å²) in [5.41, 5.74) is 3.29. The molecule has 4 aromatic rings. The van der Waals surface area contributed by atoms with Gasteiger partial charge in [0.15, 0.2) is 5.65 Å². The molecular weight excluding hydrogens is 345 g/mol. The van der Waals surface area contributed by atoms with Crippen molar-refractivity contribution in [2.24, 2.45) is 0 Å². The van der Waals surface area contributed by atoms with Gasteiger partial charge >= 0.3 is 0 Å². The number of carbonyl (C=O) groups is 1. The lowest BCUT2D eigenvalue weighted by Gasteiger charge is -2.06. The second-order valence-corrected chi connectivity index (χ2v) is 6.01. The van der Waals surface area contributed by atoms with E-state index in [1.54, 1.807) is 36.8 Å². The van der Waals surface area contributed by atoms with Gasteiger partial charge in [-0.05, 0) is 54.4 Å². The summed E-state index contributed by atoms with van der Waals surface area (Å²) in [6.45, 7) is 0.506. The summed E-state index contributed by atoms with van der Waals surface area (Å²) in [6.07, 6.45) is 5.72. The average molecular weight is 361 g/mol. The highest BCUT2D eigenvalue weighted by molar-refractivity contribution is 6.04. The number of carbonyl (C=O) groups excluding carboxylic acids is 1. The molecule has 0 aliphatic carbocycles. The average Bonchev–Trinajstić information content (AvgIpc) is 3.13. The number of imidazole rings is 1. The van der Waals surface area contributed by atoms with Gasteiger partial charge in [0.25, 0.3) is 5.91 Å². The smallest absolute Gasteiger partial charge is 0.253 e. The van der Waals surface area contributed by atoms with Crippen LogP contribution in [0, 0.1) is 5.82 Å². The van der Waals surface area contributed by atoms with Crippen LogP contribution < -0.4 is 5.32 Å². The maximum absolute atomic E-state index is 13.1. The van der Waals surface area contributed by atoms with Gasteiger partial charge in [0.1, 0.15) is 11.6 Å². The Morgan fingerprint density at radius 3 is 2.59 bits per heavy atom. The second kappa shape index (κ2) is 7.33. The molecule has 0 bridgehead atoms. The molecular formula is C20H16FN5O. The Labute approximate surface area is 154 Å². The van der Waals surface area contributed by atoms with Crippen molar-refractivity contribution in [3.8, 4) is 11.4 Å². The van der Waals surface area contributed by atoms with Crippen molar-refractivity contribution in [2.45, 2.75) is 6.42 Å². The van der Waals surface area contributed by atoms with E-state index in [1.165, 1.54) is 12.1 Å². The number of amides is 1. The Morgan fingerprint density at radius 1 is 1.04 bits per heavy atom. The standard InChI is InChI=1S/C20H16FN5O/c21-15-3-1-14(2-4-15)18-25-17-16(8-12-23-19(17)26-18)20(27)24-11-7-13-5-9-22-10-6-13/h1-6,8-10,12H,7,11H2,(H,24,27)(H,23,25,26). The first-order chi connectivity index (χ1) is 13.2. The molecule has 7 heteroatoms. The molecule has 0 atom stereocenters. The first-order valence-electron chi connectivity index (χ1n) is 8.48. The molecule has 0 unspecified atom stereocenters. The predicted octanol–water partition coefficient (Wildman–Crippen LogP) is 3.13. The van der Waals surface area contributed by atoms with Crippen LogP contribution in [-0.2, 0) is 6.42 Å². The van der Waals surface area contributed by atoms with Crippen LogP contribution in [0.5, 0.6) is 0 Å². The molecule has 0 aliphatic heterocycles. The molecule has 1 aromatic carbocycles. The fraction of sp³-hybridized carbons (Fsp3) is 0.100. The number of H-pyrrole nitrogens is 1. The Balaban J connectivity index is 1.54. The highest BCUT2D eigenvalue weighted by Gasteiger charge is 2.15. The van der Waals surface area contributed by atoms with E-state index in [1.807, 2.05) is 12.1 Å². The van der Waals surface area contributed by atoms with E-state index in [0.29, 0.717) is 35.5 Å². The summed E-state index contributed by atoms with van der Waals surface area (Å²) >= 11 is 0. The van der Waals surface area contributed by atoms with Gasteiger partial charge in [-0.15, -0.1) is 0 Å². The largest absolute Gasteiger partial charge is 0.352 e. The van der Waals surface area contributed by atoms with Gasteiger partial charge in [0.2, 0.25) is 0 Å². The quantitative estimate of drug-likeness (QED) is 0.572. The number of aromatic amines is 1. The lowest BCUT2D eigenvalue weighted by Crippen LogP contribution is -2.26. The Hall–Kier alpha value is -3.61. The van der Waals surface area contributed by atoms with Gasteiger partial charge < -0.3 is 10.3 Å². The summed E-state index contributed by atoms with van der Waals surface area (Å²) in [6, 6.07) is 11.5. The van der Waals surface area contributed by atoms with Gasteiger partial charge in [-0.25, -0.2) is 14.4 Å². The summed E-state index contributed by atoms with van der Waals surface area (Å²) in [5.74, 6) is 0.0162. The van der Waals surface area contributed by atoms with Crippen molar-refractivity contribution >= 4 is 17.1 Å². The van der Waals surface area contributed by atoms with Crippen LogP contribution in [0.4, 0.5) is 4.39 Å². The monoisotopic (exact) mass is 361 g/mol. The van der Waals surface area contributed by atoms with E-state index in [-0.39, 0.29) is 11.7 Å². The number of rotatable bonds is 5. The Kier molecular flexibility index (Phi) is 4.57. The highest BCUT2D eigenvalue weighted by atomic mass is 19.1. The topological polar surface area (TPSA) is 83.6 Å². The zero-order valence-corrected chi connectivity index (χ0v) is 14.3. The number of nitrogens with one attached hydrogen (secondary N) is 2. The predicted molar refractivity (Wildman–Crippen MR) is 99.6 cm³/mol. The fourth-order valence-corrected chi connectivity index (χ4v) is 2.81. The van der Waals surface area contributed by atoms with Crippen molar-refractivity contribution < 1.29 is 9.18 Å². The lowest BCUT2D eigenvalue weighted by atomic mass is 10.2. The van der Waals surface area contributed by atoms with E-state index in [4.69, 9.17) is 0 Å². The van der Waals surface area contributed by atoms with E-state index < -0.39 is 0 Å². The molecule has 0 radical (unpaired) electrons. The molecule has 1 amide bonds. The number of fused-ring (bicyclic) bond motifs is 1. The Bertz CT molecular complexity index is 1080. The van der Waals surface area contributed by atoms with Crippen molar-refractivity contribution in [3.05, 3.63) is 78.0 Å². The molecule has 4 rings (SSSR count). The van der Waals surface area contributed by atoms with Crippen LogP contribution in [0.2, 0.25) is 0 Å². The van der Waals surface area contributed by atoms with E-state index in [0.717, 1.165) is 11.1 Å². The van der Waals surface area contributed by atoms with E-state index in [9.17, 15) is 9.18 Å². The number of nitrogens with zero attached hydrogens (tertiary/aromatic N) is 3. The van der Waals surface area contributed by atoms with Crippen LogP contribution in [0.1, 0.15) is 15.9 Å². The first-order valence-corrected chi connectivity index (χ1v) is 8.48. The lowest BCUT2D eigenvalue weighted by molar-refractivity contribution is 0.0955. The van der Waals surface area contributed by atoms with Crippen molar-refractivity contribution in [3.63, 3.8) is 0 Å². The van der Waals surface area contributed by atoms with Crippen molar-refractivity contribution in [1.82, 2.24) is 25.3 Å². The summed E-state index contributed by atoms with van der Waals surface area (Å²) in [4.78, 5) is 28.3. The number of aromatic nitrogens is 4. The SMILES string of the molecule is O=C(NCCc1ccncc1)c1ccnc2nc(-c3ccc(F)cc3)[nH]c12. The molecule has 0 spiro atoms. The molecule has 0 aliphatic rings. The number of halogens is 1. The Morgan fingerprint density at radius 2 is 1.81 bits per heavy atom. The third-order valence-electron chi connectivity index (χ3n) is 4.20. The number of hydrogen-bond donors (Lipinski definition) is 2. The first kappa shape index (κ1) is 16.8. The van der Waals surface area contributed by atoms with Crippen LogP contribution >= 0.6 is 0 Å². The minimum Gasteiger partial charge on any atom is -0.352 e. The maximum Gasteiger partial charge on any atom is 0.253 e. The third-order valence-corrected chi connectivity index (χ3v) is 4.20. The van der Waals surface area contributed by atoms with Gasteiger partial charge in [0.05, 0.1) is 11.1 Å². The van der Waals surface area contributed by atoms with Crippen LogP contribution in [0.25, 0.3) is 22.6 Å². The second-order valence-electron chi connectivity index (χ2n) is 6.01. The number of pyridine rings is 2. The molecule has 0 fully saturated rings. The van der Waals surface area contributed by atoms with Gasteiger partial charge in [-0.3, -0.25) is 9.78 Å². The zero-order valence-electron chi connectivity index (χ0n) is 14.3. The number of benzene rings is 1. The molecule has 6 nitrogen and oxygen atoms in total. The molecule has 134 valence electrons. The summed E-state index contributed by atoms with van der Waals surface area (Å²) < 4.78 is 13.1. The highest BCUT2D eigenvalue weighted by Crippen LogP contribution is 2.21. The molecule has 27 heavy (non-hydrogen) atoms. The zero-order chi connectivity index (χ0) is 18.6. The minimum atomic E-state index is -0.317. The van der Waals surface area contributed by atoms with E-state index >= 15 is 0 Å². The maximum atomic E-state index is 13.1. The molecule has 3 heterocycles. The van der Waals surface area contributed by atoms with Gasteiger partial charge in [-0.1, -0.05) is 0 Å². The third kappa shape index (κ3) is 3.67. The van der Waals surface area contributed by atoms with Crippen molar-refractivity contribution in [2.75, 3.05) is 6.54 Å².